The fraction of sp³-hybridized carbons (Fsp3) is 0. The molecule has 0 aromatic rings. The molecule has 0 saturated carbocycles. The molecule has 0 heterocycles. The van der Waals surface area contributed by atoms with Crippen LogP contribution >= 0.6 is 15.6 Å². The maximum absolute atomic E-state index is 10.3. The van der Waals surface area contributed by atoms with Gasteiger partial charge in [0.05, 0.1) is 0 Å². The molecule has 0 fully saturated rings. The molecule has 0 aliphatic heterocycles. The highest BCUT2D eigenvalue weighted by atomic mass is 31.3. The van der Waals surface area contributed by atoms with Crippen LogP contribution in [-0.4, -0.2) is 32.0 Å². The van der Waals surface area contributed by atoms with Gasteiger partial charge in [0, 0.05) is 0 Å². The van der Waals surface area contributed by atoms with Crippen molar-refractivity contribution in [3.63, 3.8) is 0 Å². The second-order valence-electron chi connectivity index (χ2n) is 1.47. The molecule has 72 valence electrons. The van der Waals surface area contributed by atoms with Gasteiger partial charge in [-0.15, -0.1) is 0 Å². The van der Waals surface area contributed by atoms with E-state index in [-0.39, 0.29) is 0 Å². The second-order valence-corrected chi connectivity index (χ2v) is 4.25. The Morgan fingerprint density at radius 1 is 1.08 bits per heavy atom. The Hall–Kier alpha value is 0.245. The predicted molar refractivity (Wildman–Crippen MR) is 34.2 cm³/mol. The quantitative estimate of drug-likeness (QED) is 0.273. The molecule has 9 nitrogen and oxygen atoms in total. The monoisotopic (exact) mass is 222 g/mol. The zero-order valence-corrected chi connectivity index (χ0v) is 7.13. The van der Waals surface area contributed by atoms with Gasteiger partial charge in [-0.2, -0.15) is 4.31 Å². The molecule has 0 aromatic heterocycles. The van der Waals surface area contributed by atoms with Crippen LogP contribution in [0.4, 0.5) is 0 Å². The van der Waals surface area contributed by atoms with E-state index in [1.54, 1.807) is 0 Å². The third-order valence-electron chi connectivity index (χ3n) is 0.437. The fourth-order valence-corrected chi connectivity index (χ4v) is 1.74. The molecule has 1 unspecified atom stereocenters. The van der Waals surface area contributed by atoms with Crippen LogP contribution < -0.4 is 0 Å². The van der Waals surface area contributed by atoms with Crippen molar-refractivity contribution in [3.05, 3.63) is 0 Å². The lowest BCUT2D eigenvalue weighted by atomic mass is 10.3. The third-order valence-corrected chi connectivity index (χ3v) is 2.57. The molecule has 0 saturated heterocycles. The average molecular weight is 222 g/mol. The van der Waals surface area contributed by atoms with Crippen LogP contribution in [0.5, 0.6) is 0 Å². The highest BCUT2D eigenvalue weighted by Crippen LogP contribution is 2.57. The van der Waals surface area contributed by atoms with Gasteiger partial charge in [-0.05, 0) is 0 Å². The summed E-state index contributed by atoms with van der Waals surface area (Å²) in [6.45, 7) is 0. The van der Waals surface area contributed by atoms with Crippen LogP contribution in [0, 0.1) is 0 Å². The van der Waals surface area contributed by atoms with Crippen molar-refractivity contribution in [2.24, 2.45) is 0 Å². The largest absolute Gasteiger partial charge is 0.642 e. The predicted octanol–water partition coefficient (Wildman–Crippen LogP) is -1.82. The maximum atomic E-state index is 10.3. The lowest BCUT2D eigenvalue weighted by Crippen LogP contribution is -2.15. The van der Waals surface area contributed by atoms with Gasteiger partial charge in [-0.3, -0.25) is 4.44 Å². The summed E-state index contributed by atoms with van der Waals surface area (Å²) in [5.74, 6) is 0. The lowest BCUT2D eigenvalue weighted by Gasteiger charge is -2.11. The zero-order chi connectivity index (χ0) is 9.99. The minimum Gasteiger partial charge on any atom is -0.401 e. The Morgan fingerprint density at radius 3 is 1.75 bits per heavy atom. The molecule has 0 spiro atoms. The number of hydrogen-bond donors (Lipinski definition) is 5. The van der Waals surface area contributed by atoms with Crippen LogP contribution in [0.1, 0.15) is 0 Å². The van der Waals surface area contributed by atoms with E-state index in [1.807, 2.05) is 0 Å². The summed E-state index contributed by atoms with van der Waals surface area (Å²) in [5, 5.41) is 15.9. The molecule has 5 N–H and O–H groups in total. The summed E-state index contributed by atoms with van der Waals surface area (Å²) in [5.41, 5.74) is 0. The Bertz CT molecular complexity index is 225. The average Bonchev–Trinajstić information content (AvgIpc) is 1.48. The highest BCUT2D eigenvalue weighted by molar-refractivity contribution is 7.61. The maximum Gasteiger partial charge on any atom is 0.642 e. The normalized spacial score (nSPS) is 17.1. The van der Waals surface area contributed by atoms with Crippen molar-refractivity contribution in [2.75, 3.05) is 0 Å². The van der Waals surface area contributed by atoms with Crippen molar-refractivity contribution in [3.8, 4) is 0 Å². The molecular weight excluding hydrogens is 217 g/mol. The van der Waals surface area contributed by atoms with Gasteiger partial charge in [-0.25, -0.2) is 9.13 Å². The van der Waals surface area contributed by atoms with Gasteiger partial charge in [0.25, 0.3) is 0 Å². The van der Waals surface area contributed by atoms with Crippen molar-refractivity contribution in [2.45, 2.75) is 0 Å². The molecule has 0 aromatic carbocycles. The van der Waals surface area contributed by atoms with E-state index in [0.29, 0.717) is 0 Å². The van der Waals surface area contributed by atoms with Gasteiger partial charge in [0.2, 0.25) is 0 Å². The zero-order valence-electron chi connectivity index (χ0n) is 5.34. The first-order valence-corrected chi connectivity index (χ1v) is 5.29. The molecule has 12 heteroatoms. The number of hydrogen-bond acceptors (Lipinski definition) is 6. The Kier molecular flexibility index (Phi) is 4.05. The molecule has 12 heavy (non-hydrogen) atoms. The molecule has 0 aliphatic carbocycles. The standard InChI is InChI=1S/BH5O9P2/c2-1(3)9-12(7,8)10-11(4,5)6/h2-3H,(H,7,8)(H2,4,5,6). The van der Waals surface area contributed by atoms with Crippen LogP contribution in [0.3, 0.4) is 0 Å². The molecule has 0 amide bonds. The van der Waals surface area contributed by atoms with E-state index in [4.69, 9.17) is 24.7 Å². The van der Waals surface area contributed by atoms with Gasteiger partial charge in [-0.1, -0.05) is 0 Å². The van der Waals surface area contributed by atoms with E-state index >= 15 is 0 Å². The minimum absolute atomic E-state index is 2.66. The van der Waals surface area contributed by atoms with Crippen molar-refractivity contribution < 1.29 is 42.6 Å². The Balaban J connectivity index is 4.25. The van der Waals surface area contributed by atoms with Crippen LogP contribution in [0.2, 0.25) is 0 Å². The lowest BCUT2D eigenvalue weighted by molar-refractivity contribution is 0.199. The first-order chi connectivity index (χ1) is 5.12. The van der Waals surface area contributed by atoms with Crippen molar-refractivity contribution >= 4 is 23.0 Å². The van der Waals surface area contributed by atoms with Crippen LogP contribution in [-0.2, 0) is 17.9 Å². The smallest absolute Gasteiger partial charge is 0.401 e. The molecule has 0 rings (SSSR count). The first kappa shape index (κ1) is 12.2. The topological polar surface area (TPSA) is 154 Å². The van der Waals surface area contributed by atoms with E-state index < -0.39 is 23.0 Å². The Labute approximate surface area is 66.6 Å². The van der Waals surface area contributed by atoms with Crippen LogP contribution in [0.25, 0.3) is 0 Å². The summed E-state index contributed by atoms with van der Waals surface area (Å²) in [6, 6.07) is 0. The van der Waals surface area contributed by atoms with E-state index in [0.717, 1.165) is 0 Å². The van der Waals surface area contributed by atoms with E-state index in [2.05, 4.69) is 8.75 Å². The van der Waals surface area contributed by atoms with Gasteiger partial charge >= 0.3 is 23.0 Å². The second kappa shape index (κ2) is 3.97. The summed E-state index contributed by atoms with van der Waals surface area (Å²) < 4.78 is 26.8. The number of phosphoric acid groups is 2. The first-order valence-electron chi connectivity index (χ1n) is 2.26. The van der Waals surface area contributed by atoms with Crippen LogP contribution in [0.15, 0.2) is 0 Å². The molecular formula is H5BO9P2. The summed E-state index contributed by atoms with van der Waals surface area (Å²) in [6.07, 6.45) is 0. The molecule has 0 radical (unpaired) electrons. The van der Waals surface area contributed by atoms with Crippen molar-refractivity contribution in [1.82, 2.24) is 0 Å². The highest BCUT2D eigenvalue weighted by Gasteiger charge is 2.35. The molecule has 0 bridgehead atoms. The molecule has 1 atom stereocenters. The Morgan fingerprint density at radius 2 is 1.50 bits per heavy atom. The van der Waals surface area contributed by atoms with E-state index in [9.17, 15) is 9.13 Å². The summed E-state index contributed by atoms with van der Waals surface area (Å²) in [7, 11) is -13.0. The number of rotatable bonds is 4. The SMILES string of the molecule is O=P(O)(O)OP(=O)(O)OB(O)O. The molecule has 0 aliphatic rings. The van der Waals surface area contributed by atoms with Gasteiger partial charge < -0.3 is 24.7 Å². The summed E-state index contributed by atoms with van der Waals surface area (Å²) >= 11 is 0. The fourth-order valence-electron chi connectivity index (χ4n) is 0.273. The van der Waals surface area contributed by atoms with Gasteiger partial charge in [0.1, 0.15) is 0 Å². The summed E-state index contributed by atoms with van der Waals surface area (Å²) in [4.78, 5) is 24.3. The van der Waals surface area contributed by atoms with Gasteiger partial charge in [0.15, 0.2) is 0 Å². The third kappa shape index (κ3) is 6.92. The minimum atomic E-state index is -5.20. The van der Waals surface area contributed by atoms with Crippen molar-refractivity contribution in [1.29, 1.82) is 0 Å². The van der Waals surface area contributed by atoms with E-state index in [1.165, 1.54) is 0 Å².